The lowest BCUT2D eigenvalue weighted by atomic mass is 10.0. The van der Waals surface area contributed by atoms with Crippen molar-refractivity contribution in [1.29, 1.82) is 0 Å². The zero-order chi connectivity index (χ0) is 13.1. The minimum absolute atomic E-state index is 0.156. The molecule has 1 aromatic carbocycles. The van der Waals surface area contributed by atoms with Gasteiger partial charge in [0, 0.05) is 31.2 Å². The Labute approximate surface area is 108 Å². The maximum absolute atomic E-state index is 5.77. The van der Waals surface area contributed by atoms with Gasteiger partial charge in [-0.1, -0.05) is 0 Å². The third kappa shape index (κ3) is 2.44. The van der Waals surface area contributed by atoms with Crippen molar-refractivity contribution in [3.63, 3.8) is 0 Å². The lowest BCUT2D eigenvalue weighted by molar-refractivity contribution is 0.107. The first-order valence-corrected chi connectivity index (χ1v) is 6.38. The van der Waals surface area contributed by atoms with Crippen LogP contribution in [-0.2, 0) is 11.2 Å². The molecule has 18 heavy (non-hydrogen) atoms. The molecule has 1 aromatic rings. The van der Waals surface area contributed by atoms with Crippen molar-refractivity contribution in [3.05, 3.63) is 23.3 Å². The fourth-order valence-corrected chi connectivity index (χ4v) is 2.34. The van der Waals surface area contributed by atoms with Crippen LogP contribution < -0.4 is 15.2 Å². The van der Waals surface area contributed by atoms with Gasteiger partial charge in [0.25, 0.3) is 0 Å². The largest absolute Gasteiger partial charge is 0.493 e. The molecule has 0 saturated carbocycles. The van der Waals surface area contributed by atoms with Crippen molar-refractivity contribution in [2.24, 2.45) is 5.73 Å². The number of fused-ring (bicyclic) bond motifs is 1. The molecule has 0 amide bonds. The van der Waals surface area contributed by atoms with Gasteiger partial charge in [-0.15, -0.1) is 0 Å². The van der Waals surface area contributed by atoms with Crippen LogP contribution in [0, 0.1) is 0 Å². The predicted molar refractivity (Wildman–Crippen MR) is 70.2 cm³/mol. The molecule has 1 aliphatic heterocycles. The molecule has 2 N–H and O–H groups in total. The first-order valence-electron chi connectivity index (χ1n) is 6.38. The highest BCUT2D eigenvalue weighted by Gasteiger charge is 2.24. The second-order valence-corrected chi connectivity index (χ2v) is 4.52. The first kappa shape index (κ1) is 13.2. The summed E-state index contributed by atoms with van der Waals surface area (Å²) in [5, 5.41) is 0. The highest BCUT2D eigenvalue weighted by molar-refractivity contribution is 5.49. The Hall–Kier alpha value is -1.26. The summed E-state index contributed by atoms with van der Waals surface area (Å²) in [4.78, 5) is 0. The van der Waals surface area contributed by atoms with Gasteiger partial charge in [0.15, 0.2) is 0 Å². The number of nitrogens with two attached hydrogens (primary N) is 1. The monoisotopic (exact) mass is 251 g/mol. The first-order chi connectivity index (χ1) is 8.69. The van der Waals surface area contributed by atoms with Crippen LogP contribution >= 0.6 is 0 Å². The maximum atomic E-state index is 5.77. The molecule has 2 atom stereocenters. The standard InChI is InChI=1S/C14H21NO3/c1-4-17-13-6-10-5-9(2)18-12(10)7-11(13)14(8-15)16-3/h6-7,9,14H,4-5,8,15H2,1-3H3. The summed E-state index contributed by atoms with van der Waals surface area (Å²) in [6.07, 6.45) is 0.996. The number of ether oxygens (including phenoxy) is 3. The summed E-state index contributed by atoms with van der Waals surface area (Å²) in [5.74, 6) is 1.78. The van der Waals surface area contributed by atoms with Gasteiger partial charge in [-0.2, -0.15) is 0 Å². The molecule has 0 aliphatic carbocycles. The van der Waals surface area contributed by atoms with Crippen molar-refractivity contribution in [2.45, 2.75) is 32.5 Å². The summed E-state index contributed by atoms with van der Waals surface area (Å²) in [6.45, 7) is 5.09. The smallest absolute Gasteiger partial charge is 0.125 e. The Balaban J connectivity index is 2.40. The summed E-state index contributed by atoms with van der Waals surface area (Å²) in [5.41, 5.74) is 7.89. The molecule has 2 unspecified atom stereocenters. The predicted octanol–water partition coefficient (Wildman–Crippen LogP) is 2.05. The van der Waals surface area contributed by atoms with Gasteiger partial charge in [0.2, 0.25) is 0 Å². The summed E-state index contributed by atoms with van der Waals surface area (Å²) < 4.78 is 16.9. The highest BCUT2D eigenvalue weighted by atomic mass is 16.5. The summed E-state index contributed by atoms with van der Waals surface area (Å²) in [7, 11) is 1.66. The normalized spacial score (nSPS) is 19.2. The molecule has 0 bridgehead atoms. The Morgan fingerprint density at radius 3 is 2.89 bits per heavy atom. The van der Waals surface area contributed by atoms with E-state index in [0.29, 0.717) is 13.2 Å². The van der Waals surface area contributed by atoms with Crippen LogP contribution in [0.1, 0.15) is 31.1 Å². The molecule has 0 radical (unpaired) electrons. The third-order valence-corrected chi connectivity index (χ3v) is 3.17. The minimum atomic E-state index is -0.156. The van der Waals surface area contributed by atoms with Crippen LogP contribution in [0.2, 0.25) is 0 Å². The van der Waals surface area contributed by atoms with Crippen molar-refractivity contribution in [2.75, 3.05) is 20.3 Å². The molecule has 0 saturated heterocycles. The van der Waals surface area contributed by atoms with Crippen LogP contribution in [0.15, 0.2) is 12.1 Å². The number of methoxy groups -OCH3 is 1. The molecule has 0 fully saturated rings. The zero-order valence-electron chi connectivity index (χ0n) is 11.2. The van der Waals surface area contributed by atoms with Gasteiger partial charge in [0.05, 0.1) is 12.7 Å². The van der Waals surface area contributed by atoms with E-state index in [1.165, 1.54) is 5.56 Å². The quantitative estimate of drug-likeness (QED) is 0.870. The lowest BCUT2D eigenvalue weighted by Gasteiger charge is -2.18. The van der Waals surface area contributed by atoms with Crippen LogP contribution in [-0.4, -0.2) is 26.4 Å². The molecule has 1 heterocycles. The van der Waals surface area contributed by atoms with Gasteiger partial charge >= 0.3 is 0 Å². The molecule has 100 valence electrons. The molecule has 0 aromatic heterocycles. The van der Waals surface area contributed by atoms with Gasteiger partial charge in [0.1, 0.15) is 17.6 Å². The van der Waals surface area contributed by atoms with Crippen LogP contribution in [0.3, 0.4) is 0 Å². The number of benzene rings is 1. The van der Waals surface area contributed by atoms with Crippen LogP contribution in [0.25, 0.3) is 0 Å². The number of hydrogen-bond acceptors (Lipinski definition) is 4. The Kier molecular flexibility index (Phi) is 4.09. The molecule has 0 spiro atoms. The summed E-state index contributed by atoms with van der Waals surface area (Å²) in [6, 6.07) is 4.06. The van der Waals surface area contributed by atoms with E-state index in [-0.39, 0.29) is 12.2 Å². The van der Waals surface area contributed by atoms with E-state index >= 15 is 0 Å². The molecule has 4 nitrogen and oxygen atoms in total. The number of hydrogen-bond donors (Lipinski definition) is 1. The van der Waals surface area contributed by atoms with Gasteiger partial charge in [-0.05, 0) is 26.0 Å². The van der Waals surface area contributed by atoms with E-state index in [1.807, 2.05) is 13.0 Å². The maximum Gasteiger partial charge on any atom is 0.125 e. The van der Waals surface area contributed by atoms with Gasteiger partial charge in [-0.25, -0.2) is 0 Å². The van der Waals surface area contributed by atoms with E-state index in [2.05, 4.69) is 13.0 Å². The van der Waals surface area contributed by atoms with E-state index in [0.717, 1.165) is 23.5 Å². The summed E-state index contributed by atoms with van der Waals surface area (Å²) >= 11 is 0. The second kappa shape index (κ2) is 5.59. The zero-order valence-corrected chi connectivity index (χ0v) is 11.2. The number of rotatable bonds is 5. The van der Waals surface area contributed by atoms with Crippen molar-refractivity contribution in [3.8, 4) is 11.5 Å². The molecular formula is C14H21NO3. The highest BCUT2D eigenvalue weighted by Crippen LogP contribution is 2.38. The Morgan fingerprint density at radius 2 is 2.28 bits per heavy atom. The van der Waals surface area contributed by atoms with Gasteiger partial charge in [-0.3, -0.25) is 0 Å². The minimum Gasteiger partial charge on any atom is -0.493 e. The fraction of sp³-hybridized carbons (Fsp3) is 0.571. The van der Waals surface area contributed by atoms with Crippen molar-refractivity contribution >= 4 is 0 Å². The van der Waals surface area contributed by atoms with E-state index in [4.69, 9.17) is 19.9 Å². The van der Waals surface area contributed by atoms with Crippen LogP contribution in [0.5, 0.6) is 11.5 Å². The topological polar surface area (TPSA) is 53.7 Å². The average Bonchev–Trinajstić information content (AvgIpc) is 2.70. The Bertz CT molecular complexity index is 416. The van der Waals surface area contributed by atoms with Gasteiger partial charge < -0.3 is 19.9 Å². The van der Waals surface area contributed by atoms with Crippen molar-refractivity contribution in [1.82, 2.24) is 0 Å². The third-order valence-electron chi connectivity index (χ3n) is 3.17. The molecule has 4 heteroatoms. The lowest BCUT2D eigenvalue weighted by Crippen LogP contribution is -2.15. The van der Waals surface area contributed by atoms with E-state index < -0.39 is 0 Å². The second-order valence-electron chi connectivity index (χ2n) is 4.52. The average molecular weight is 251 g/mol. The molecule has 2 rings (SSSR count). The van der Waals surface area contributed by atoms with Crippen molar-refractivity contribution < 1.29 is 14.2 Å². The SMILES string of the molecule is CCOc1cc2c(cc1C(CN)OC)OC(C)C2. The Morgan fingerprint density at radius 1 is 1.50 bits per heavy atom. The molecular weight excluding hydrogens is 230 g/mol. The van der Waals surface area contributed by atoms with Crippen LogP contribution in [0.4, 0.5) is 0 Å². The molecule has 1 aliphatic rings. The fourth-order valence-electron chi connectivity index (χ4n) is 2.34. The van der Waals surface area contributed by atoms with E-state index in [9.17, 15) is 0 Å². The van der Waals surface area contributed by atoms with E-state index in [1.54, 1.807) is 7.11 Å².